The van der Waals surface area contributed by atoms with Crippen LogP contribution < -0.4 is 0 Å². The molecule has 0 N–H and O–H groups in total. The second-order valence-electron chi connectivity index (χ2n) is 0. The maximum Gasteiger partial charge on any atom is -0.107 e. The Kier molecular flexibility index (Phi) is 173. The first kappa shape index (κ1) is 35.7. The summed E-state index contributed by atoms with van der Waals surface area (Å²) in [5, 5.41) is 0. The van der Waals surface area contributed by atoms with E-state index in [9.17, 15) is 0 Å². The molecule has 4 heavy (non-hydrogen) atoms. The molecule has 0 aromatic rings. The third-order valence-corrected chi connectivity index (χ3v) is 0. The van der Waals surface area contributed by atoms with Crippen LogP contribution in [0.4, 0.5) is 0 Å². The second-order valence-corrected chi connectivity index (χ2v) is 0. The quantitative estimate of drug-likeness (QED) is 0.471. The monoisotopic (exact) mass is 322 g/mol. The van der Waals surface area contributed by atoms with Crippen molar-refractivity contribution in [2.75, 3.05) is 0 Å². The molecule has 0 radical (unpaired) electrons. The molecule has 0 aliphatic rings. The zero-order valence-corrected chi connectivity index (χ0v) is 9.10. The largest absolute Gasteiger partial charge is 0.153 e. The summed E-state index contributed by atoms with van der Waals surface area (Å²) in [6.07, 6.45) is 0. The molecular formula is H6Br2IP. The number of rotatable bonds is 0. The fourth-order valence-corrected chi connectivity index (χ4v) is 0. The van der Waals surface area contributed by atoms with Crippen LogP contribution in [0.1, 0.15) is 0 Å². The molecule has 0 fully saturated rings. The summed E-state index contributed by atoms with van der Waals surface area (Å²) in [6, 6.07) is 0. The number of halogens is 3. The lowest BCUT2D eigenvalue weighted by atomic mass is 31.0. The average Bonchev–Trinajstić information content (AvgIpc) is 0. The van der Waals surface area contributed by atoms with Crippen molar-refractivity contribution in [3.8, 4) is 0 Å². The van der Waals surface area contributed by atoms with Crippen LogP contribution in [-0.2, 0) is 0 Å². The van der Waals surface area contributed by atoms with Gasteiger partial charge >= 0.3 is 0 Å². The summed E-state index contributed by atoms with van der Waals surface area (Å²) in [7, 11) is 0. The van der Waals surface area contributed by atoms with Crippen LogP contribution in [0.15, 0.2) is 0 Å². The first-order valence-corrected chi connectivity index (χ1v) is 0. The van der Waals surface area contributed by atoms with Gasteiger partial charge < -0.3 is 0 Å². The van der Waals surface area contributed by atoms with Gasteiger partial charge in [0, 0.05) is 0 Å². The van der Waals surface area contributed by atoms with Gasteiger partial charge in [-0.05, 0) is 0 Å². The minimum atomic E-state index is 0. The van der Waals surface area contributed by atoms with Crippen LogP contribution in [0.5, 0.6) is 0 Å². The van der Waals surface area contributed by atoms with Gasteiger partial charge in [0.1, 0.15) is 0 Å². The minimum Gasteiger partial charge on any atom is -0.153 e. The van der Waals surface area contributed by atoms with Crippen molar-refractivity contribution >= 4 is 67.8 Å². The maximum absolute atomic E-state index is 0. The fraction of sp³-hybridized carbons (Fsp3) is 0. The Morgan fingerprint density at radius 2 is 0.750 bits per heavy atom. The lowest BCUT2D eigenvalue weighted by Crippen LogP contribution is 0.845. The third-order valence-electron chi connectivity index (χ3n) is 0. The lowest BCUT2D eigenvalue weighted by molar-refractivity contribution is 6.92. The highest BCUT2D eigenvalue weighted by Crippen LogP contribution is 0.886. The molecule has 1 unspecified atom stereocenters. The Bertz CT molecular complexity index is 6.00. The third kappa shape index (κ3) is 8.92. The SMILES string of the molecule is Br.Br.I.P. The van der Waals surface area contributed by atoms with E-state index in [4.69, 9.17) is 0 Å². The molecule has 32 valence electrons. The molecule has 0 bridgehead atoms. The Balaban J connectivity index is 0. The fourth-order valence-electron chi connectivity index (χ4n) is 0. The van der Waals surface area contributed by atoms with E-state index in [0.717, 1.165) is 0 Å². The molecule has 0 saturated heterocycles. The van der Waals surface area contributed by atoms with Gasteiger partial charge in [0.2, 0.25) is 0 Å². The normalized spacial score (nSPS) is 0. The summed E-state index contributed by atoms with van der Waals surface area (Å²) in [4.78, 5) is 0. The van der Waals surface area contributed by atoms with Crippen LogP contribution in [0.25, 0.3) is 0 Å². The van der Waals surface area contributed by atoms with E-state index in [1.54, 1.807) is 0 Å². The second kappa shape index (κ2) is 19.3. The molecule has 0 aliphatic heterocycles. The van der Waals surface area contributed by atoms with Crippen molar-refractivity contribution in [3.05, 3.63) is 0 Å². The predicted octanol–water partition coefficient (Wildman–Crippen LogP) is 1.83. The van der Waals surface area contributed by atoms with Crippen LogP contribution >= 0.6 is 67.8 Å². The van der Waals surface area contributed by atoms with E-state index < -0.39 is 0 Å². The summed E-state index contributed by atoms with van der Waals surface area (Å²) < 4.78 is 0. The Morgan fingerprint density at radius 3 is 0.750 bits per heavy atom. The Hall–Kier alpha value is 2.12. The van der Waals surface area contributed by atoms with Crippen LogP contribution in [0.2, 0.25) is 0 Å². The molecule has 0 aromatic heterocycles. The molecule has 0 heterocycles. The zero-order chi connectivity index (χ0) is 0. The molecule has 0 rings (SSSR count). The highest BCUT2D eigenvalue weighted by molar-refractivity contribution is 14.0. The Labute approximate surface area is 67.3 Å². The lowest BCUT2D eigenvalue weighted by Gasteiger charge is -0.153. The molecule has 0 aliphatic carbocycles. The van der Waals surface area contributed by atoms with Gasteiger partial charge in [0.15, 0.2) is 0 Å². The summed E-state index contributed by atoms with van der Waals surface area (Å²) >= 11 is 0. The van der Waals surface area contributed by atoms with Gasteiger partial charge in [0.25, 0.3) is 0 Å². The smallest absolute Gasteiger partial charge is 0.107 e. The molecule has 0 saturated carbocycles. The van der Waals surface area contributed by atoms with Gasteiger partial charge in [-0.15, -0.1) is 57.9 Å². The van der Waals surface area contributed by atoms with Crippen molar-refractivity contribution in [1.29, 1.82) is 0 Å². The van der Waals surface area contributed by atoms with Gasteiger partial charge in [0.05, 0.1) is 0 Å². The highest BCUT2D eigenvalue weighted by atomic mass is 127. The van der Waals surface area contributed by atoms with Crippen molar-refractivity contribution in [1.82, 2.24) is 0 Å². The van der Waals surface area contributed by atoms with E-state index in [-0.39, 0.29) is 67.8 Å². The van der Waals surface area contributed by atoms with Crippen molar-refractivity contribution < 1.29 is 0 Å². The molecule has 0 nitrogen and oxygen atoms in total. The van der Waals surface area contributed by atoms with Gasteiger partial charge in [-0.3, -0.25) is 0 Å². The molecule has 0 aromatic carbocycles. The maximum atomic E-state index is 0. The molecule has 4 heteroatoms. The van der Waals surface area contributed by atoms with Crippen LogP contribution in [-0.4, -0.2) is 0 Å². The van der Waals surface area contributed by atoms with Gasteiger partial charge in [-0.1, -0.05) is 0 Å². The topological polar surface area (TPSA) is 0 Å². The highest BCUT2D eigenvalue weighted by Gasteiger charge is -0.107. The molecule has 1 atom stereocenters. The van der Waals surface area contributed by atoms with E-state index in [1.165, 1.54) is 0 Å². The van der Waals surface area contributed by atoms with Gasteiger partial charge in [-0.25, -0.2) is 0 Å². The summed E-state index contributed by atoms with van der Waals surface area (Å²) in [6.45, 7) is 0. The summed E-state index contributed by atoms with van der Waals surface area (Å²) in [5.41, 5.74) is 0. The van der Waals surface area contributed by atoms with E-state index in [1.807, 2.05) is 0 Å². The number of hydrogen-bond acceptors (Lipinski definition) is 0. The zero-order valence-electron chi connectivity index (χ0n) is 1.93. The summed E-state index contributed by atoms with van der Waals surface area (Å²) in [5.74, 6) is 0. The molecular weight excluding hydrogens is 318 g/mol. The van der Waals surface area contributed by atoms with Crippen molar-refractivity contribution in [3.63, 3.8) is 0 Å². The van der Waals surface area contributed by atoms with Crippen molar-refractivity contribution in [2.24, 2.45) is 0 Å². The first-order valence-electron chi connectivity index (χ1n) is 0. The Morgan fingerprint density at radius 1 is 0.750 bits per heavy atom. The van der Waals surface area contributed by atoms with E-state index in [2.05, 4.69) is 0 Å². The van der Waals surface area contributed by atoms with E-state index >= 15 is 0 Å². The molecule has 0 amide bonds. The first-order chi connectivity index (χ1) is 0. The standard InChI is InChI=1S/2BrH.HI.H3P/h3*1H;1H3. The predicted molar refractivity (Wildman–Crippen MR) is 47.2 cm³/mol. The average molecular weight is 324 g/mol. The molecule has 0 spiro atoms. The van der Waals surface area contributed by atoms with Crippen LogP contribution in [0.3, 0.4) is 0 Å². The van der Waals surface area contributed by atoms with Crippen molar-refractivity contribution in [2.45, 2.75) is 0 Å². The minimum absolute atomic E-state index is 0. The van der Waals surface area contributed by atoms with E-state index in [0.29, 0.717) is 0 Å². The number of hydrogen-bond donors (Lipinski definition) is 0. The van der Waals surface area contributed by atoms with Crippen LogP contribution in [0, 0.1) is 0 Å². The van der Waals surface area contributed by atoms with Gasteiger partial charge in [-0.2, -0.15) is 9.90 Å².